The molecule has 3 rings (SSSR count). The number of anilines is 1. The van der Waals surface area contributed by atoms with Crippen LogP contribution in [0.3, 0.4) is 0 Å². The van der Waals surface area contributed by atoms with Gasteiger partial charge in [0.05, 0.1) is 5.69 Å². The van der Waals surface area contributed by atoms with Crippen molar-refractivity contribution in [2.24, 2.45) is 7.05 Å². The van der Waals surface area contributed by atoms with Crippen LogP contribution in [0.1, 0.15) is 49.4 Å². The number of nitrogens with zero attached hydrogens (tertiary/aromatic N) is 4. The Morgan fingerprint density at radius 1 is 1.26 bits per heavy atom. The van der Waals surface area contributed by atoms with Crippen LogP contribution in [0.4, 0.5) is 5.82 Å². The van der Waals surface area contributed by atoms with E-state index < -0.39 is 10.0 Å². The molecular weight excluding hydrogens is 314 g/mol. The third-order valence-corrected chi connectivity index (χ3v) is 5.59. The Morgan fingerprint density at radius 3 is 2.74 bits per heavy atom. The summed E-state index contributed by atoms with van der Waals surface area (Å²) in [6.07, 6.45) is 6.63. The highest BCUT2D eigenvalue weighted by Crippen LogP contribution is 2.29. The lowest BCUT2D eigenvalue weighted by Crippen LogP contribution is -2.20. The molecule has 7 nitrogen and oxygen atoms in total. The first-order valence-corrected chi connectivity index (χ1v) is 9.26. The van der Waals surface area contributed by atoms with Crippen molar-refractivity contribution in [2.45, 2.75) is 50.5 Å². The van der Waals surface area contributed by atoms with E-state index in [1.54, 1.807) is 13.2 Å². The average Bonchev–Trinajstić information content (AvgIpc) is 2.83. The van der Waals surface area contributed by atoms with Gasteiger partial charge in [-0.1, -0.05) is 13.8 Å². The van der Waals surface area contributed by atoms with Crippen molar-refractivity contribution in [2.75, 3.05) is 4.72 Å². The maximum Gasteiger partial charge on any atom is 0.280 e. The number of hydrogen-bond donors (Lipinski definition) is 1. The van der Waals surface area contributed by atoms with Crippen LogP contribution in [-0.4, -0.2) is 28.2 Å². The Bertz CT molecular complexity index is 826. The summed E-state index contributed by atoms with van der Waals surface area (Å²) in [6.45, 7) is 3.95. The molecule has 1 aliphatic rings. The van der Waals surface area contributed by atoms with Crippen LogP contribution in [0, 0.1) is 0 Å². The molecule has 2 aromatic rings. The molecule has 0 aromatic carbocycles. The van der Waals surface area contributed by atoms with Crippen molar-refractivity contribution < 1.29 is 8.42 Å². The molecule has 124 valence electrons. The Kier molecular flexibility index (Phi) is 4.09. The lowest BCUT2D eigenvalue weighted by molar-refractivity contribution is 0.579. The normalized spacial score (nSPS) is 14.8. The fraction of sp³-hybridized carbons (Fsp3) is 0.533. The molecule has 0 fully saturated rings. The molecular formula is C15H21N5O2S. The fourth-order valence-electron chi connectivity index (χ4n) is 3.01. The summed E-state index contributed by atoms with van der Waals surface area (Å²) in [5.74, 6) is 0.454. The van der Waals surface area contributed by atoms with Crippen molar-refractivity contribution in [3.8, 4) is 0 Å². The number of fused-ring (bicyclic) bond motifs is 1. The fourth-order valence-corrected chi connectivity index (χ4v) is 4.47. The zero-order chi connectivity index (χ0) is 16.6. The maximum absolute atomic E-state index is 12.9. The van der Waals surface area contributed by atoms with Crippen LogP contribution in [0.15, 0.2) is 17.6 Å². The third-order valence-electron chi connectivity index (χ3n) is 4.11. The van der Waals surface area contributed by atoms with Crippen LogP contribution in [0.25, 0.3) is 0 Å². The van der Waals surface area contributed by atoms with Gasteiger partial charge < -0.3 is 0 Å². The molecule has 0 amide bonds. The van der Waals surface area contributed by atoms with E-state index in [1.165, 1.54) is 11.0 Å². The van der Waals surface area contributed by atoms with E-state index in [9.17, 15) is 8.42 Å². The molecule has 0 aliphatic heterocycles. The Hall–Kier alpha value is -1.96. The number of aromatic nitrogens is 4. The summed E-state index contributed by atoms with van der Waals surface area (Å²) in [6, 6.07) is 0. The molecule has 0 saturated carbocycles. The molecule has 0 bridgehead atoms. The first-order valence-electron chi connectivity index (χ1n) is 7.77. The van der Waals surface area contributed by atoms with Gasteiger partial charge in [0.1, 0.15) is 12.1 Å². The number of aryl methyl sites for hydroxylation is 2. The van der Waals surface area contributed by atoms with Crippen molar-refractivity contribution in [1.29, 1.82) is 0 Å². The Balaban J connectivity index is 2.03. The predicted octanol–water partition coefficient (Wildman–Crippen LogP) is 2.01. The quantitative estimate of drug-likeness (QED) is 0.923. The topological polar surface area (TPSA) is 89.8 Å². The highest BCUT2D eigenvalue weighted by Gasteiger charge is 2.29. The summed E-state index contributed by atoms with van der Waals surface area (Å²) >= 11 is 0. The van der Waals surface area contributed by atoms with Crippen LogP contribution in [-0.2, 0) is 29.9 Å². The average molecular weight is 335 g/mol. The van der Waals surface area contributed by atoms with E-state index in [2.05, 4.69) is 19.8 Å². The van der Waals surface area contributed by atoms with E-state index in [0.29, 0.717) is 5.82 Å². The molecule has 0 radical (unpaired) electrons. The van der Waals surface area contributed by atoms with Gasteiger partial charge in [0, 0.05) is 24.4 Å². The van der Waals surface area contributed by atoms with Gasteiger partial charge in [-0.2, -0.15) is 13.5 Å². The smallest absolute Gasteiger partial charge is 0.262 e. The number of nitrogens with one attached hydrogen (secondary N) is 1. The summed E-state index contributed by atoms with van der Waals surface area (Å²) in [4.78, 5) is 8.09. The number of rotatable bonds is 4. The summed E-state index contributed by atoms with van der Waals surface area (Å²) < 4.78 is 29.9. The molecule has 1 N–H and O–H groups in total. The van der Waals surface area contributed by atoms with Gasteiger partial charge in [-0.25, -0.2) is 9.97 Å². The van der Waals surface area contributed by atoms with E-state index in [1.807, 2.05) is 13.8 Å². The van der Waals surface area contributed by atoms with Crippen molar-refractivity contribution in [3.63, 3.8) is 0 Å². The summed E-state index contributed by atoms with van der Waals surface area (Å²) in [7, 11) is -2.06. The van der Waals surface area contributed by atoms with Gasteiger partial charge >= 0.3 is 0 Å². The zero-order valence-corrected chi connectivity index (χ0v) is 14.4. The first-order chi connectivity index (χ1) is 10.9. The minimum absolute atomic E-state index is 0.120. The van der Waals surface area contributed by atoms with Crippen molar-refractivity contribution in [1.82, 2.24) is 19.7 Å². The van der Waals surface area contributed by atoms with E-state index >= 15 is 0 Å². The van der Waals surface area contributed by atoms with E-state index in [-0.39, 0.29) is 10.9 Å². The molecule has 0 saturated heterocycles. The Morgan fingerprint density at radius 2 is 2.00 bits per heavy atom. The molecule has 2 aromatic heterocycles. The standard InChI is InChI=1S/C15H21N5O2S/c1-10(2)12-8-16-9-17-14(12)19-23(21,22)15-11-6-4-5-7-13(11)18-20(15)3/h8-10H,4-7H2,1-3H3,(H,16,17,19). The molecule has 0 atom stereocenters. The number of sulfonamides is 1. The predicted molar refractivity (Wildman–Crippen MR) is 86.8 cm³/mol. The van der Waals surface area contributed by atoms with Crippen LogP contribution in [0.2, 0.25) is 0 Å². The lowest BCUT2D eigenvalue weighted by atomic mass is 9.99. The maximum atomic E-state index is 12.9. The second-order valence-corrected chi connectivity index (χ2v) is 7.75. The van der Waals surface area contributed by atoms with Gasteiger partial charge in [-0.15, -0.1) is 0 Å². The lowest BCUT2D eigenvalue weighted by Gasteiger charge is -2.15. The summed E-state index contributed by atoms with van der Waals surface area (Å²) in [5, 5.41) is 4.63. The van der Waals surface area contributed by atoms with Crippen LogP contribution in [0.5, 0.6) is 0 Å². The second kappa shape index (κ2) is 5.92. The molecule has 2 heterocycles. The number of hydrogen-bond acceptors (Lipinski definition) is 5. The van der Waals surface area contributed by atoms with E-state index in [0.717, 1.165) is 42.5 Å². The molecule has 0 spiro atoms. The van der Waals surface area contributed by atoms with Gasteiger partial charge in [0.2, 0.25) is 0 Å². The SMILES string of the molecule is CC(C)c1cncnc1NS(=O)(=O)c1c2c(nn1C)CCCC2. The van der Waals surface area contributed by atoms with E-state index in [4.69, 9.17) is 0 Å². The molecule has 0 unspecified atom stereocenters. The monoisotopic (exact) mass is 335 g/mol. The molecule has 8 heteroatoms. The molecule has 23 heavy (non-hydrogen) atoms. The van der Waals surface area contributed by atoms with Gasteiger partial charge in [0.15, 0.2) is 5.03 Å². The minimum atomic E-state index is -3.74. The largest absolute Gasteiger partial charge is 0.280 e. The van der Waals surface area contributed by atoms with Crippen molar-refractivity contribution in [3.05, 3.63) is 29.3 Å². The van der Waals surface area contributed by atoms with Crippen LogP contribution < -0.4 is 4.72 Å². The minimum Gasteiger partial charge on any atom is -0.262 e. The van der Waals surface area contributed by atoms with Gasteiger partial charge in [-0.05, 0) is 31.6 Å². The third kappa shape index (κ3) is 2.95. The van der Waals surface area contributed by atoms with Crippen LogP contribution >= 0.6 is 0 Å². The highest BCUT2D eigenvalue weighted by molar-refractivity contribution is 7.92. The van der Waals surface area contributed by atoms with Gasteiger partial charge in [0.25, 0.3) is 10.0 Å². The first kappa shape index (κ1) is 15.9. The summed E-state index contributed by atoms with van der Waals surface area (Å²) in [5.41, 5.74) is 2.50. The van der Waals surface area contributed by atoms with Gasteiger partial charge in [-0.3, -0.25) is 9.40 Å². The van der Waals surface area contributed by atoms with Crippen molar-refractivity contribution >= 4 is 15.8 Å². The second-order valence-electron chi connectivity index (χ2n) is 6.15. The zero-order valence-electron chi connectivity index (χ0n) is 13.6. The highest BCUT2D eigenvalue weighted by atomic mass is 32.2. The Labute approximate surface area is 136 Å². The molecule has 1 aliphatic carbocycles.